The molecule has 1 aliphatic heterocycles. The molecule has 0 amide bonds. The molecule has 2 nitrogen and oxygen atoms in total. The van der Waals surface area contributed by atoms with E-state index in [0.29, 0.717) is 0 Å². The maximum absolute atomic E-state index is 3.60. The smallest absolute Gasteiger partial charge is 0.0348 e. The van der Waals surface area contributed by atoms with Crippen LogP contribution in [-0.2, 0) is 6.54 Å². The highest BCUT2D eigenvalue weighted by molar-refractivity contribution is 9.10. The molecule has 1 aromatic carbocycles. The largest absolute Gasteiger partial charge is 0.314 e. The summed E-state index contributed by atoms with van der Waals surface area (Å²) in [6.45, 7) is 8.82. The van der Waals surface area contributed by atoms with Crippen LogP contribution in [0.25, 0.3) is 0 Å². The first-order valence-corrected chi connectivity index (χ1v) is 6.69. The van der Waals surface area contributed by atoms with E-state index in [9.17, 15) is 0 Å². The number of halogens is 1. The van der Waals surface area contributed by atoms with E-state index in [0.717, 1.165) is 32.2 Å². The Morgan fingerprint density at radius 1 is 1.44 bits per heavy atom. The number of hydrogen-bond donors (Lipinski definition) is 1. The van der Waals surface area contributed by atoms with Gasteiger partial charge < -0.3 is 5.32 Å². The van der Waals surface area contributed by atoms with Gasteiger partial charge in [-0.25, -0.2) is 0 Å². The SMILES string of the molecule is CCN(Cc1ccc(C)c(Br)c1)C1CNC1. The van der Waals surface area contributed by atoms with E-state index in [1.807, 2.05) is 0 Å². The van der Waals surface area contributed by atoms with Gasteiger partial charge in [0.15, 0.2) is 0 Å². The first-order chi connectivity index (χ1) is 7.70. The van der Waals surface area contributed by atoms with Crippen LogP contribution in [0.5, 0.6) is 0 Å². The van der Waals surface area contributed by atoms with Crippen molar-refractivity contribution in [1.29, 1.82) is 0 Å². The lowest BCUT2D eigenvalue weighted by atomic mass is 10.1. The lowest BCUT2D eigenvalue weighted by Gasteiger charge is -2.37. The van der Waals surface area contributed by atoms with E-state index >= 15 is 0 Å². The Morgan fingerprint density at radius 3 is 2.69 bits per heavy atom. The first-order valence-electron chi connectivity index (χ1n) is 5.90. The van der Waals surface area contributed by atoms with Crippen LogP contribution in [0.3, 0.4) is 0 Å². The minimum Gasteiger partial charge on any atom is -0.314 e. The minimum atomic E-state index is 0.727. The van der Waals surface area contributed by atoms with Crippen LogP contribution in [-0.4, -0.2) is 30.6 Å². The minimum absolute atomic E-state index is 0.727. The van der Waals surface area contributed by atoms with Gasteiger partial charge in [0.1, 0.15) is 0 Å². The summed E-state index contributed by atoms with van der Waals surface area (Å²) >= 11 is 3.60. The zero-order valence-corrected chi connectivity index (χ0v) is 11.5. The molecule has 1 saturated heterocycles. The standard InChI is InChI=1S/C13H19BrN2/c1-3-16(12-7-15-8-12)9-11-5-4-10(2)13(14)6-11/h4-6,12,15H,3,7-9H2,1-2H3. The van der Waals surface area contributed by atoms with E-state index in [-0.39, 0.29) is 0 Å². The molecule has 1 aliphatic rings. The first kappa shape index (κ1) is 12.1. The van der Waals surface area contributed by atoms with E-state index in [1.54, 1.807) is 0 Å². The topological polar surface area (TPSA) is 15.3 Å². The third-order valence-electron chi connectivity index (χ3n) is 3.30. The molecule has 0 aliphatic carbocycles. The fraction of sp³-hybridized carbons (Fsp3) is 0.538. The summed E-state index contributed by atoms with van der Waals surface area (Å²) in [6.07, 6.45) is 0. The van der Waals surface area contributed by atoms with Crippen LogP contribution in [0.15, 0.2) is 22.7 Å². The third-order valence-corrected chi connectivity index (χ3v) is 4.16. The fourth-order valence-electron chi connectivity index (χ4n) is 2.00. The van der Waals surface area contributed by atoms with Gasteiger partial charge in [-0.2, -0.15) is 0 Å². The quantitative estimate of drug-likeness (QED) is 0.913. The van der Waals surface area contributed by atoms with E-state index in [2.05, 4.69) is 58.2 Å². The molecule has 0 aromatic heterocycles. The van der Waals surface area contributed by atoms with Crippen molar-refractivity contribution in [3.63, 3.8) is 0 Å². The molecule has 88 valence electrons. The maximum atomic E-state index is 3.60. The summed E-state index contributed by atoms with van der Waals surface area (Å²) in [5, 5.41) is 3.33. The van der Waals surface area contributed by atoms with Gasteiger partial charge in [0.2, 0.25) is 0 Å². The van der Waals surface area contributed by atoms with Gasteiger partial charge in [-0.1, -0.05) is 35.0 Å². The molecule has 0 unspecified atom stereocenters. The van der Waals surface area contributed by atoms with Crippen molar-refractivity contribution in [2.45, 2.75) is 26.4 Å². The maximum Gasteiger partial charge on any atom is 0.0348 e. The molecule has 0 bridgehead atoms. The zero-order valence-electron chi connectivity index (χ0n) is 9.96. The number of aryl methyl sites for hydroxylation is 1. The van der Waals surface area contributed by atoms with Crippen molar-refractivity contribution in [3.8, 4) is 0 Å². The Bertz CT molecular complexity index is 361. The Labute approximate surface area is 106 Å². The second kappa shape index (κ2) is 5.30. The second-order valence-corrected chi connectivity index (χ2v) is 5.31. The van der Waals surface area contributed by atoms with Gasteiger partial charge in [-0.3, -0.25) is 4.90 Å². The lowest BCUT2D eigenvalue weighted by molar-refractivity contribution is 0.145. The molecule has 1 N–H and O–H groups in total. The van der Waals surface area contributed by atoms with Gasteiger partial charge in [0, 0.05) is 30.1 Å². The van der Waals surface area contributed by atoms with Gasteiger partial charge in [-0.05, 0) is 30.7 Å². The van der Waals surface area contributed by atoms with Crippen molar-refractivity contribution >= 4 is 15.9 Å². The van der Waals surface area contributed by atoms with E-state index in [4.69, 9.17) is 0 Å². The highest BCUT2D eigenvalue weighted by atomic mass is 79.9. The highest BCUT2D eigenvalue weighted by Gasteiger charge is 2.23. The second-order valence-electron chi connectivity index (χ2n) is 4.46. The predicted octanol–water partition coefficient (Wildman–Crippen LogP) is 2.55. The summed E-state index contributed by atoms with van der Waals surface area (Å²) in [5.74, 6) is 0. The van der Waals surface area contributed by atoms with Crippen molar-refractivity contribution < 1.29 is 0 Å². The Balaban J connectivity index is 2.03. The predicted molar refractivity (Wildman–Crippen MR) is 71.6 cm³/mol. The zero-order chi connectivity index (χ0) is 11.5. The Morgan fingerprint density at radius 2 is 2.19 bits per heavy atom. The average molecular weight is 283 g/mol. The van der Waals surface area contributed by atoms with Crippen LogP contribution in [0.2, 0.25) is 0 Å². The molecule has 1 aromatic rings. The van der Waals surface area contributed by atoms with Gasteiger partial charge in [-0.15, -0.1) is 0 Å². The van der Waals surface area contributed by atoms with Crippen molar-refractivity contribution in [2.24, 2.45) is 0 Å². The summed E-state index contributed by atoms with van der Waals surface area (Å²) in [7, 11) is 0. The molecular formula is C13H19BrN2. The summed E-state index contributed by atoms with van der Waals surface area (Å²) < 4.78 is 1.22. The number of nitrogens with one attached hydrogen (secondary N) is 1. The average Bonchev–Trinajstić information content (AvgIpc) is 2.20. The van der Waals surface area contributed by atoms with Crippen LogP contribution in [0, 0.1) is 6.92 Å². The lowest BCUT2D eigenvalue weighted by Crippen LogP contribution is -2.56. The summed E-state index contributed by atoms with van der Waals surface area (Å²) in [5.41, 5.74) is 2.70. The van der Waals surface area contributed by atoms with Crippen LogP contribution in [0.1, 0.15) is 18.1 Å². The molecule has 1 fully saturated rings. The molecular weight excluding hydrogens is 264 g/mol. The van der Waals surface area contributed by atoms with Crippen LogP contribution in [0.4, 0.5) is 0 Å². The van der Waals surface area contributed by atoms with Gasteiger partial charge in [0.05, 0.1) is 0 Å². The molecule has 1 heterocycles. The van der Waals surface area contributed by atoms with Crippen LogP contribution >= 0.6 is 15.9 Å². The monoisotopic (exact) mass is 282 g/mol. The molecule has 0 spiro atoms. The number of hydrogen-bond acceptors (Lipinski definition) is 2. The molecule has 0 saturated carbocycles. The number of benzene rings is 1. The van der Waals surface area contributed by atoms with Crippen LogP contribution < -0.4 is 5.32 Å². The molecule has 2 rings (SSSR count). The number of nitrogens with zero attached hydrogens (tertiary/aromatic N) is 1. The molecule has 16 heavy (non-hydrogen) atoms. The normalized spacial score (nSPS) is 16.5. The fourth-order valence-corrected chi connectivity index (χ4v) is 2.43. The summed E-state index contributed by atoms with van der Waals surface area (Å²) in [4.78, 5) is 2.54. The van der Waals surface area contributed by atoms with E-state index in [1.165, 1.54) is 15.6 Å². The Kier molecular flexibility index (Phi) is 4.00. The summed E-state index contributed by atoms with van der Waals surface area (Å²) in [6, 6.07) is 7.38. The molecule has 0 radical (unpaired) electrons. The third kappa shape index (κ3) is 2.65. The molecule has 0 atom stereocenters. The molecule has 3 heteroatoms. The highest BCUT2D eigenvalue weighted by Crippen LogP contribution is 2.19. The van der Waals surface area contributed by atoms with Crippen molar-refractivity contribution in [3.05, 3.63) is 33.8 Å². The van der Waals surface area contributed by atoms with E-state index < -0.39 is 0 Å². The number of rotatable bonds is 4. The van der Waals surface area contributed by atoms with Gasteiger partial charge >= 0.3 is 0 Å². The number of likely N-dealkylation sites (N-methyl/N-ethyl adjacent to an activating group) is 1. The van der Waals surface area contributed by atoms with Crippen molar-refractivity contribution in [2.75, 3.05) is 19.6 Å². The Hall–Kier alpha value is -0.380. The van der Waals surface area contributed by atoms with Gasteiger partial charge in [0.25, 0.3) is 0 Å². The van der Waals surface area contributed by atoms with Crippen molar-refractivity contribution in [1.82, 2.24) is 10.2 Å².